The number of thioether (sulfide) groups is 1. The Kier molecular flexibility index (Phi) is 5.13. The van der Waals surface area contributed by atoms with Crippen molar-refractivity contribution < 1.29 is 9.21 Å². The number of carbonyl (C=O) groups is 1. The largest absolute Gasteiger partial charge is 0.444 e. The fourth-order valence-corrected chi connectivity index (χ4v) is 3.14. The number of hydrogen-bond acceptors (Lipinski definition) is 5. The molecule has 0 atom stereocenters. The molecule has 1 aliphatic rings. The zero-order valence-electron chi connectivity index (χ0n) is 12.3. The van der Waals surface area contributed by atoms with Crippen molar-refractivity contribution in [2.75, 3.05) is 31.9 Å². The molecule has 5 nitrogen and oxygen atoms in total. The minimum absolute atomic E-state index is 0.207. The van der Waals surface area contributed by atoms with Gasteiger partial charge in [-0.3, -0.25) is 4.79 Å². The number of piperazine rings is 1. The van der Waals surface area contributed by atoms with Gasteiger partial charge in [0.1, 0.15) is 6.26 Å². The van der Waals surface area contributed by atoms with Crippen molar-refractivity contribution in [1.82, 2.24) is 15.2 Å². The van der Waals surface area contributed by atoms with Crippen molar-refractivity contribution in [2.45, 2.75) is 5.75 Å². The van der Waals surface area contributed by atoms with Crippen LogP contribution in [0.3, 0.4) is 0 Å². The van der Waals surface area contributed by atoms with Crippen molar-refractivity contribution in [3.63, 3.8) is 0 Å². The lowest BCUT2D eigenvalue weighted by Crippen LogP contribution is -2.47. The van der Waals surface area contributed by atoms with Gasteiger partial charge in [-0.2, -0.15) is 0 Å². The van der Waals surface area contributed by atoms with E-state index >= 15 is 0 Å². The maximum absolute atomic E-state index is 12.0. The first kappa shape index (κ1) is 15.1. The number of aromatic nitrogens is 1. The molecule has 0 aliphatic carbocycles. The molecule has 2 aromatic rings. The molecule has 1 N–H and O–H groups in total. The highest BCUT2D eigenvalue weighted by Crippen LogP contribution is 2.20. The molecule has 1 aromatic heterocycles. The van der Waals surface area contributed by atoms with Crippen LogP contribution in [0.1, 0.15) is 5.69 Å². The number of carbonyl (C=O) groups excluding carboxylic acids is 1. The van der Waals surface area contributed by atoms with E-state index in [0.29, 0.717) is 17.4 Å². The molecule has 1 aromatic carbocycles. The quantitative estimate of drug-likeness (QED) is 0.914. The Balaban J connectivity index is 1.48. The SMILES string of the molecule is O=C(CSCc1coc(-c2ccccc2)n1)N1CCNCC1. The van der Waals surface area contributed by atoms with Gasteiger partial charge in [0.2, 0.25) is 11.8 Å². The number of nitrogens with one attached hydrogen (secondary N) is 1. The Morgan fingerprint density at radius 3 is 2.82 bits per heavy atom. The molecule has 1 aliphatic heterocycles. The lowest BCUT2D eigenvalue weighted by atomic mass is 10.2. The summed E-state index contributed by atoms with van der Waals surface area (Å²) in [6.07, 6.45) is 1.67. The van der Waals surface area contributed by atoms with Crippen molar-refractivity contribution in [3.8, 4) is 11.5 Å². The van der Waals surface area contributed by atoms with Gasteiger partial charge >= 0.3 is 0 Å². The molecule has 6 heteroatoms. The van der Waals surface area contributed by atoms with E-state index in [-0.39, 0.29) is 5.91 Å². The molecule has 0 saturated carbocycles. The van der Waals surface area contributed by atoms with Crippen LogP contribution in [-0.4, -0.2) is 47.7 Å². The summed E-state index contributed by atoms with van der Waals surface area (Å²) in [6.45, 7) is 3.39. The second-order valence-corrected chi connectivity index (χ2v) is 6.12. The lowest BCUT2D eigenvalue weighted by Gasteiger charge is -2.27. The molecule has 0 spiro atoms. The third kappa shape index (κ3) is 3.90. The second kappa shape index (κ2) is 7.47. The van der Waals surface area contributed by atoms with E-state index in [1.807, 2.05) is 35.2 Å². The van der Waals surface area contributed by atoms with E-state index in [2.05, 4.69) is 10.3 Å². The average Bonchev–Trinajstić information content (AvgIpc) is 3.05. The molecule has 2 heterocycles. The number of rotatable bonds is 5. The predicted octanol–water partition coefficient (Wildman–Crippen LogP) is 2.01. The minimum Gasteiger partial charge on any atom is -0.444 e. The van der Waals surface area contributed by atoms with Crippen molar-refractivity contribution in [1.29, 1.82) is 0 Å². The zero-order chi connectivity index (χ0) is 15.2. The molecule has 116 valence electrons. The predicted molar refractivity (Wildman–Crippen MR) is 87.6 cm³/mol. The monoisotopic (exact) mass is 317 g/mol. The van der Waals surface area contributed by atoms with Gasteiger partial charge in [0.15, 0.2) is 0 Å². The van der Waals surface area contributed by atoms with E-state index in [9.17, 15) is 4.79 Å². The molecule has 22 heavy (non-hydrogen) atoms. The maximum Gasteiger partial charge on any atom is 0.232 e. The minimum atomic E-state index is 0.207. The Morgan fingerprint density at radius 1 is 1.27 bits per heavy atom. The van der Waals surface area contributed by atoms with Crippen LogP contribution in [-0.2, 0) is 10.5 Å². The molecular formula is C16H19N3O2S. The molecule has 1 saturated heterocycles. The summed E-state index contributed by atoms with van der Waals surface area (Å²) >= 11 is 1.58. The van der Waals surface area contributed by atoms with Gasteiger partial charge in [0, 0.05) is 37.5 Å². The summed E-state index contributed by atoms with van der Waals surface area (Å²) in [7, 11) is 0. The molecule has 1 amide bonds. The van der Waals surface area contributed by atoms with Crippen LogP contribution in [0.2, 0.25) is 0 Å². The van der Waals surface area contributed by atoms with Gasteiger partial charge in [-0.15, -0.1) is 11.8 Å². The molecule has 0 bridgehead atoms. The van der Waals surface area contributed by atoms with Crippen LogP contribution in [0.5, 0.6) is 0 Å². The van der Waals surface area contributed by atoms with Crippen molar-refractivity contribution >= 4 is 17.7 Å². The lowest BCUT2D eigenvalue weighted by molar-refractivity contribution is -0.128. The standard InChI is InChI=1S/C16H19N3O2S/c20-15(19-8-6-17-7-9-19)12-22-11-14-10-21-16(18-14)13-4-2-1-3-5-13/h1-5,10,17H,6-9,11-12H2. The Morgan fingerprint density at radius 2 is 2.05 bits per heavy atom. The van der Waals surface area contributed by atoms with Crippen LogP contribution in [0, 0.1) is 0 Å². The highest BCUT2D eigenvalue weighted by atomic mass is 32.2. The number of oxazole rings is 1. The van der Waals surface area contributed by atoms with E-state index in [4.69, 9.17) is 4.42 Å². The van der Waals surface area contributed by atoms with Gasteiger partial charge in [-0.1, -0.05) is 18.2 Å². The van der Waals surface area contributed by atoms with Crippen LogP contribution in [0.4, 0.5) is 0 Å². The summed E-state index contributed by atoms with van der Waals surface area (Å²) in [6, 6.07) is 9.82. The first-order chi connectivity index (χ1) is 10.8. The maximum atomic E-state index is 12.0. The fraction of sp³-hybridized carbons (Fsp3) is 0.375. The zero-order valence-corrected chi connectivity index (χ0v) is 13.1. The summed E-state index contributed by atoms with van der Waals surface area (Å²) in [5.74, 6) is 2.02. The number of nitrogens with zero attached hydrogens (tertiary/aromatic N) is 2. The van der Waals surface area contributed by atoms with Gasteiger partial charge in [-0.05, 0) is 12.1 Å². The van der Waals surface area contributed by atoms with E-state index in [0.717, 1.165) is 37.4 Å². The van der Waals surface area contributed by atoms with E-state index in [1.54, 1.807) is 18.0 Å². The second-order valence-electron chi connectivity index (χ2n) is 5.13. The van der Waals surface area contributed by atoms with Gasteiger partial charge in [0.25, 0.3) is 0 Å². The highest BCUT2D eigenvalue weighted by Gasteiger charge is 2.16. The number of amides is 1. The Hall–Kier alpha value is -1.79. The first-order valence-electron chi connectivity index (χ1n) is 7.39. The Labute approximate surface area is 134 Å². The van der Waals surface area contributed by atoms with Crippen molar-refractivity contribution in [2.24, 2.45) is 0 Å². The molecule has 3 rings (SSSR count). The third-order valence-corrected chi connectivity index (χ3v) is 4.47. The van der Waals surface area contributed by atoms with Crippen LogP contribution in [0.15, 0.2) is 41.0 Å². The first-order valence-corrected chi connectivity index (χ1v) is 8.54. The van der Waals surface area contributed by atoms with Crippen LogP contribution >= 0.6 is 11.8 Å². The number of benzene rings is 1. The normalized spacial score (nSPS) is 15.0. The van der Waals surface area contributed by atoms with E-state index < -0.39 is 0 Å². The molecule has 1 fully saturated rings. The van der Waals surface area contributed by atoms with Crippen LogP contribution in [0.25, 0.3) is 11.5 Å². The smallest absolute Gasteiger partial charge is 0.232 e. The molecule has 0 unspecified atom stereocenters. The van der Waals surface area contributed by atoms with Gasteiger partial charge < -0.3 is 14.6 Å². The van der Waals surface area contributed by atoms with Crippen molar-refractivity contribution in [3.05, 3.63) is 42.3 Å². The van der Waals surface area contributed by atoms with Gasteiger partial charge in [-0.25, -0.2) is 4.98 Å². The van der Waals surface area contributed by atoms with E-state index in [1.165, 1.54) is 0 Å². The topological polar surface area (TPSA) is 58.4 Å². The molecule has 0 radical (unpaired) electrons. The third-order valence-electron chi connectivity index (χ3n) is 3.52. The Bertz CT molecular complexity index is 609. The fourth-order valence-electron chi connectivity index (χ4n) is 2.34. The number of hydrogen-bond donors (Lipinski definition) is 1. The summed E-state index contributed by atoms with van der Waals surface area (Å²) in [5.41, 5.74) is 1.84. The van der Waals surface area contributed by atoms with Gasteiger partial charge in [0.05, 0.1) is 11.4 Å². The molecular weight excluding hydrogens is 298 g/mol. The highest BCUT2D eigenvalue weighted by molar-refractivity contribution is 7.99. The average molecular weight is 317 g/mol. The summed E-state index contributed by atoms with van der Waals surface area (Å²) < 4.78 is 5.50. The summed E-state index contributed by atoms with van der Waals surface area (Å²) in [5, 5.41) is 3.25. The summed E-state index contributed by atoms with van der Waals surface area (Å²) in [4.78, 5) is 18.4. The van der Waals surface area contributed by atoms with Crippen LogP contribution < -0.4 is 5.32 Å².